The Labute approximate surface area is 207 Å². The average molecular weight is 482 g/mol. The summed E-state index contributed by atoms with van der Waals surface area (Å²) in [4.78, 5) is 30.7. The third-order valence-electron chi connectivity index (χ3n) is 7.15. The molecule has 2 aromatic carbocycles. The fourth-order valence-corrected chi connectivity index (χ4v) is 5.26. The van der Waals surface area contributed by atoms with E-state index in [1.807, 2.05) is 12.1 Å². The fourth-order valence-electron chi connectivity index (χ4n) is 5.26. The number of hydrogen-bond donors (Lipinski definition) is 1. The van der Waals surface area contributed by atoms with E-state index in [0.717, 1.165) is 31.6 Å². The smallest absolute Gasteiger partial charge is 0.227 e. The topological polar surface area (TPSA) is 61.9 Å². The monoisotopic (exact) mass is 481 g/mol. The maximum Gasteiger partial charge on any atom is 0.227 e. The van der Waals surface area contributed by atoms with Gasteiger partial charge >= 0.3 is 0 Å². The number of halogens is 1. The number of nitrogens with zero attached hydrogens (tertiary/aromatic N) is 2. The van der Waals surface area contributed by atoms with Gasteiger partial charge in [0, 0.05) is 18.7 Å². The highest BCUT2D eigenvalue weighted by atomic mass is 19.1. The molecule has 2 saturated heterocycles. The van der Waals surface area contributed by atoms with Gasteiger partial charge in [-0.3, -0.25) is 9.59 Å². The summed E-state index contributed by atoms with van der Waals surface area (Å²) in [5, 5.41) is 3.13. The highest BCUT2D eigenvalue weighted by Crippen LogP contribution is 2.40. The molecule has 2 fully saturated rings. The second kappa shape index (κ2) is 12.2. The van der Waals surface area contributed by atoms with Crippen LogP contribution in [0.15, 0.2) is 48.5 Å². The van der Waals surface area contributed by atoms with Crippen molar-refractivity contribution in [1.82, 2.24) is 10.2 Å². The number of nitrogens with one attached hydrogen (secondary N) is 1. The molecule has 4 rings (SSSR count). The summed E-state index contributed by atoms with van der Waals surface area (Å²) in [6.45, 7) is 3.88. The van der Waals surface area contributed by atoms with Crippen LogP contribution in [0.1, 0.15) is 56.6 Å². The van der Waals surface area contributed by atoms with Crippen LogP contribution in [0, 0.1) is 11.7 Å². The summed E-state index contributed by atoms with van der Waals surface area (Å²) in [6.07, 6.45) is 6.78. The Balaban J connectivity index is 1.49. The lowest BCUT2D eigenvalue weighted by atomic mass is 9.83. The third kappa shape index (κ3) is 6.40. The summed E-state index contributed by atoms with van der Waals surface area (Å²) in [5.74, 6) is -0.175. The van der Waals surface area contributed by atoms with E-state index < -0.39 is 12.0 Å². The van der Waals surface area contributed by atoms with Gasteiger partial charge in [0.15, 0.2) is 0 Å². The Morgan fingerprint density at radius 2 is 1.71 bits per heavy atom. The number of likely N-dealkylation sites (tertiary alicyclic amines) is 1. The Hall–Kier alpha value is -2.93. The van der Waals surface area contributed by atoms with E-state index >= 15 is 0 Å². The first-order valence-electron chi connectivity index (χ1n) is 12.8. The molecule has 35 heavy (non-hydrogen) atoms. The molecule has 6 nitrogen and oxygen atoms in total. The largest absolute Gasteiger partial charge is 0.497 e. The molecule has 0 aromatic heterocycles. The Morgan fingerprint density at radius 3 is 2.37 bits per heavy atom. The van der Waals surface area contributed by atoms with Crippen molar-refractivity contribution in [2.24, 2.45) is 5.92 Å². The molecule has 2 atom stereocenters. The molecule has 7 heteroatoms. The van der Waals surface area contributed by atoms with Crippen molar-refractivity contribution in [2.45, 2.75) is 51.0 Å². The SMILES string of the molecule is COc1ccc(N2C(=O)CC[C@@H](C(=O)NCCCN3CCCCCC3)[C@H]2c2ccc(F)cc2)cc1. The van der Waals surface area contributed by atoms with Gasteiger partial charge in [0.2, 0.25) is 11.8 Å². The lowest BCUT2D eigenvalue weighted by Crippen LogP contribution is -2.48. The summed E-state index contributed by atoms with van der Waals surface area (Å²) in [6, 6.07) is 12.9. The van der Waals surface area contributed by atoms with Gasteiger partial charge in [-0.25, -0.2) is 4.39 Å². The van der Waals surface area contributed by atoms with Gasteiger partial charge in [-0.15, -0.1) is 0 Å². The van der Waals surface area contributed by atoms with Crippen molar-refractivity contribution in [3.05, 3.63) is 59.9 Å². The second-order valence-electron chi connectivity index (χ2n) is 9.50. The van der Waals surface area contributed by atoms with E-state index in [0.29, 0.717) is 24.4 Å². The predicted octanol–water partition coefficient (Wildman–Crippen LogP) is 4.70. The Kier molecular flexibility index (Phi) is 8.74. The molecule has 2 heterocycles. The third-order valence-corrected chi connectivity index (χ3v) is 7.15. The normalized spacial score (nSPS) is 21.4. The minimum Gasteiger partial charge on any atom is -0.497 e. The van der Waals surface area contributed by atoms with Gasteiger partial charge in [-0.2, -0.15) is 0 Å². The molecule has 2 aromatic rings. The zero-order valence-corrected chi connectivity index (χ0v) is 20.5. The quantitative estimate of drug-likeness (QED) is 0.555. The van der Waals surface area contributed by atoms with Crippen LogP contribution >= 0.6 is 0 Å². The van der Waals surface area contributed by atoms with Crippen LogP contribution in [0.25, 0.3) is 0 Å². The number of carbonyl (C=O) groups is 2. The number of piperidine rings is 1. The first kappa shape index (κ1) is 25.2. The van der Waals surface area contributed by atoms with Crippen molar-refractivity contribution in [1.29, 1.82) is 0 Å². The van der Waals surface area contributed by atoms with E-state index in [2.05, 4.69) is 10.2 Å². The van der Waals surface area contributed by atoms with Gasteiger partial charge in [-0.1, -0.05) is 25.0 Å². The first-order valence-corrected chi connectivity index (χ1v) is 12.8. The number of anilines is 1. The van der Waals surface area contributed by atoms with Gasteiger partial charge in [-0.05, 0) is 87.3 Å². The number of hydrogen-bond acceptors (Lipinski definition) is 4. The summed E-state index contributed by atoms with van der Waals surface area (Å²) >= 11 is 0. The molecule has 0 aliphatic carbocycles. The Morgan fingerprint density at radius 1 is 1.03 bits per heavy atom. The van der Waals surface area contributed by atoms with E-state index in [4.69, 9.17) is 4.74 Å². The van der Waals surface area contributed by atoms with Crippen LogP contribution in [-0.2, 0) is 9.59 Å². The van der Waals surface area contributed by atoms with Crippen molar-refractivity contribution in [3.8, 4) is 5.75 Å². The number of carbonyl (C=O) groups excluding carboxylic acids is 2. The highest BCUT2D eigenvalue weighted by Gasteiger charge is 2.41. The Bertz CT molecular complexity index is 972. The zero-order valence-electron chi connectivity index (χ0n) is 20.5. The van der Waals surface area contributed by atoms with Crippen LogP contribution in [0.4, 0.5) is 10.1 Å². The molecular formula is C28H36FN3O3. The zero-order chi connectivity index (χ0) is 24.6. The molecule has 0 unspecified atom stereocenters. The van der Waals surface area contributed by atoms with Gasteiger partial charge in [0.25, 0.3) is 0 Å². The first-order chi connectivity index (χ1) is 17.1. The van der Waals surface area contributed by atoms with Crippen molar-refractivity contribution < 1.29 is 18.7 Å². The van der Waals surface area contributed by atoms with Gasteiger partial charge < -0.3 is 19.9 Å². The lowest BCUT2D eigenvalue weighted by Gasteiger charge is -2.41. The summed E-state index contributed by atoms with van der Waals surface area (Å²) in [5.41, 5.74) is 1.45. The van der Waals surface area contributed by atoms with Gasteiger partial charge in [0.1, 0.15) is 11.6 Å². The second-order valence-corrected chi connectivity index (χ2v) is 9.50. The highest BCUT2D eigenvalue weighted by molar-refractivity contribution is 5.97. The van der Waals surface area contributed by atoms with E-state index in [1.165, 1.54) is 37.8 Å². The molecule has 0 saturated carbocycles. The minimum absolute atomic E-state index is 0.0466. The number of benzene rings is 2. The van der Waals surface area contributed by atoms with E-state index in [9.17, 15) is 14.0 Å². The van der Waals surface area contributed by atoms with Crippen LogP contribution in [0.5, 0.6) is 5.75 Å². The minimum atomic E-state index is -0.504. The van der Waals surface area contributed by atoms with E-state index in [-0.39, 0.29) is 24.1 Å². The van der Waals surface area contributed by atoms with Crippen LogP contribution in [0.3, 0.4) is 0 Å². The fraction of sp³-hybridized carbons (Fsp3) is 0.500. The van der Waals surface area contributed by atoms with Crippen LogP contribution < -0.4 is 15.0 Å². The van der Waals surface area contributed by atoms with Crippen LogP contribution in [0.2, 0.25) is 0 Å². The molecule has 2 amide bonds. The van der Waals surface area contributed by atoms with Crippen molar-refractivity contribution in [2.75, 3.05) is 38.2 Å². The number of methoxy groups -OCH3 is 1. The molecule has 2 aliphatic rings. The number of rotatable bonds is 8. The molecule has 0 bridgehead atoms. The number of ether oxygens (including phenoxy) is 1. The number of amides is 2. The molecule has 188 valence electrons. The van der Waals surface area contributed by atoms with Gasteiger partial charge in [0.05, 0.1) is 19.1 Å². The predicted molar refractivity (Wildman–Crippen MR) is 135 cm³/mol. The lowest BCUT2D eigenvalue weighted by molar-refractivity contribution is -0.129. The van der Waals surface area contributed by atoms with E-state index in [1.54, 1.807) is 36.3 Å². The van der Waals surface area contributed by atoms with Crippen LogP contribution in [-0.4, -0.2) is 50.0 Å². The molecule has 2 aliphatic heterocycles. The summed E-state index contributed by atoms with van der Waals surface area (Å²) in [7, 11) is 1.59. The standard InChI is InChI=1S/C28H36FN3O3/c1-35-24-13-11-23(12-14-24)32-26(33)16-15-25(27(32)21-7-9-22(29)10-8-21)28(34)30-17-6-20-31-18-4-2-3-5-19-31/h7-14,25,27H,2-6,15-20H2,1H3,(H,30,34)/t25-,27-/m1/s1. The average Bonchev–Trinajstić information content (AvgIpc) is 3.16. The molecule has 1 N–H and O–H groups in total. The molecule has 0 spiro atoms. The van der Waals surface area contributed by atoms with Crippen molar-refractivity contribution >= 4 is 17.5 Å². The summed E-state index contributed by atoms with van der Waals surface area (Å²) < 4.78 is 19.0. The maximum atomic E-state index is 13.7. The molecule has 0 radical (unpaired) electrons. The van der Waals surface area contributed by atoms with Crippen molar-refractivity contribution in [3.63, 3.8) is 0 Å². The maximum absolute atomic E-state index is 13.7. The molecular weight excluding hydrogens is 445 g/mol.